The Hall–Kier alpha value is -0.860. The Kier molecular flexibility index (Phi) is 4.01. The molecule has 1 aliphatic heterocycles. The SMILES string of the molecule is Cc1ccc(C(C)NC2CC(C)(C)OC2(C)C)c(C)c1. The highest BCUT2D eigenvalue weighted by atomic mass is 16.5. The van der Waals surface area contributed by atoms with E-state index in [9.17, 15) is 0 Å². The molecule has 2 atom stereocenters. The van der Waals surface area contributed by atoms with Crippen LogP contribution in [0.4, 0.5) is 0 Å². The van der Waals surface area contributed by atoms with Crippen LogP contribution in [0.2, 0.25) is 0 Å². The second-order valence-corrected chi connectivity index (χ2v) is 7.47. The van der Waals surface area contributed by atoms with Gasteiger partial charge in [0.15, 0.2) is 0 Å². The van der Waals surface area contributed by atoms with E-state index in [0.717, 1.165) is 6.42 Å². The van der Waals surface area contributed by atoms with Crippen LogP contribution in [-0.4, -0.2) is 17.2 Å². The zero-order valence-electron chi connectivity index (χ0n) is 14.0. The highest BCUT2D eigenvalue weighted by Crippen LogP contribution is 2.38. The molecule has 20 heavy (non-hydrogen) atoms. The van der Waals surface area contributed by atoms with Crippen LogP contribution in [0.25, 0.3) is 0 Å². The minimum atomic E-state index is -0.115. The van der Waals surface area contributed by atoms with Gasteiger partial charge in [-0.15, -0.1) is 0 Å². The van der Waals surface area contributed by atoms with Gasteiger partial charge in [0.05, 0.1) is 11.2 Å². The molecule has 0 bridgehead atoms. The molecule has 2 nitrogen and oxygen atoms in total. The minimum Gasteiger partial charge on any atom is -0.368 e. The van der Waals surface area contributed by atoms with E-state index in [-0.39, 0.29) is 11.2 Å². The molecule has 2 unspecified atom stereocenters. The number of hydrogen-bond donors (Lipinski definition) is 1. The monoisotopic (exact) mass is 275 g/mol. The molecule has 1 aromatic carbocycles. The molecule has 1 N–H and O–H groups in total. The van der Waals surface area contributed by atoms with Crippen molar-refractivity contribution in [2.45, 2.75) is 78.2 Å². The molecule has 1 aliphatic rings. The summed E-state index contributed by atoms with van der Waals surface area (Å²) in [6.07, 6.45) is 1.05. The fraction of sp³-hybridized carbons (Fsp3) is 0.667. The van der Waals surface area contributed by atoms with Gasteiger partial charge >= 0.3 is 0 Å². The zero-order chi connectivity index (χ0) is 15.1. The maximum Gasteiger partial charge on any atom is 0.0787 e. The first kappa shape index (κ1) is 15.5. The fourth-order valence-electron chi connectivity index (χ4n) is 3.52. The maximum absolute atomic E-state index is 6.17. The molecule has 112 valence electrons. The smallest absolute Gasteiger partial charge is 0.0787 e. The van der Waals surface area contributed by atoms with E-state index in [2.05, 4.69) is 72.0 Å². The first-order valence-corrected chi connectivity index (χ1v) is 7.64. The number of nitrogens with one attached hydrogen (secondary N) is 1. The van der Waals surface area contributed by atoms with Crippen molar-refractivity contribution < 1.29 is 4.74 Å². The summed E-state index contributed by atoms with van der Waals surface area (Å²) in [5, 5.41) is 3.78. The van der Waals surface area contributed by atoms with Crippen molar-refractivity contribution in [3.63, 3.8) is 0 Å². The summed E-state index contributed by atoms with van der Waals surface area (Å²) >= 11 is 0. The molecular weight excluding hydrogens is 246 g/mol. The molecule has 0 saturated carbocycles. The van der Waals surface area contributed by atoms with Gasteiger partial charge in [0.25, 0.3) is 0 Å². The van der Waals surface area contributed by atoms with Crippen molar-refractivity contribution in [2.75, 3.05) is 0 Å². The average Bonchev–Trinajstić information content (AvgIpc) is 2.45. The second kappa shape index (κ2) is 5.16. The van der Waals surface area contributed by atoms with Gasteiger partial charge in [0, 0.05) is 12.1 Å². The lowest BCUT2D eigenvalue weighted by Gasteiger charge is -2.30. The normalized spacial score (nSPS) is 25.6. The van der Waals surface area contributed by atoms with Crippen LogP contribution < -0.4 is 5.32 Å². The van der Waals surface area contributed by atoms with E-state index < -0.39 is 0 Å². The molecule has 0 aromatic heterocycles. The average molecular weight is 275 g/mol. The van der Waals surface area contributed by atoms with Gasteiger partial charge in [-0.2, -0.15) is 0 Å². The molecule has 1 aromatic rings. The molecule has 1 fully saturated rings. The lowest BCUT2D eigenvalue weighted by Crippen LogP contribution is -2.44. The molecule has 0 radical (unpaired) electrons. The quantitative estimate of drug-likeness (QED) is 0.888. The Morgan fingerprint density at radius 3 is 2.35 bits per heavy atom. The molecule has 0 spiro atoms. The van der Waals surface area contributed by atoms with Gasteiger partial charge in [0.2, 0.25) is 0 Å². The van der Waals surface area contributed by atoms with Crippen molar-refractivity contribution in [1.29, 1.82) is 0 Å². The summed E-state index contributed by atoms with van der Waals surface area (Å²) in [4.78, 5) is 0. The molecule has 0 amide bonds. The first-order valence-electron chi connectivity index (χ1n) is 7.64. The van der Waals surface area contributed by atoms with Crippen LogP contribution in [0, 0.1) is 13.8 Å². The highest BCUT2D eigenvalue weighted by molar-refractivity contribution is 5.32. The largest absolute Gasteiger partial charge is 0.368 e. The minimum absolute atomic E-state index is 0.0385. The second-order valence-electron chi connectivity index (χ2n) is 7.47. The third kappa shape index (κ3) is 3.24. The van der Waals surface area contributed by atoms with Crippen LogP contribution in [0.3, 0.4) is 0 Å². The topological polar surface area (TPSA) is 21.3 Å². The predicted molar refractivity (Wildman–Crippen MR) is 85.1 cm³/mol. The number of hydrogen-bond acceptors (Lipinski definition) is 2. The Bertz CT molecular complexity index is 490. The van der Waals surface area contributed by atoms with Gasteiger partial charge < -0.3 is 10.1 Å². The van der Waals surface area contributed by atoms with Crippen LogP contribution in [0.15, 0.2) is 18.2 Å². The first-order chi connectivity index (χ1) is 9.11. The van der Waals surface area contributed by atoms with E-state index in [4.69, 9.17) is 4.74 Å². The lowest BCUT2D eigenvalue weighted by atomic mass is 9.92. The standard InChI is InChI=1S/C18H29NO/c1-12-8-9-15(13(2)10-12)14(3)19-16-11-17(4,5)20-18(16,6)7/h8-10,14,16,19H,11H2,1-7H3. The fourth-order valence-corrected chi connectivity index (χ4v) is 3.52. The van der Waals surface area contributed by atoms with Crippen molar-refractivity contribution in [2.24, 2.45) is 0 Å². The Labute approximate surface area is 123 Å². The maximum atomic E-state index is 6.17. The zero-order valence-corrected chi connectivity index (χ0v) is 14.0. The summed E-state index contributed by atoms with van der Waals surface area (Å²) in [5.41, 5.74) is 3.92. The summed E-state index contributed by atoms with van der Waals surface area (Å²) < 4.78 is 6.17. The predicted octanol–water partition coefficient (Wildman–Crippen LogP) is 4.30. The Morgan fingerprint density at radius 2 is 1.85 bits per heavy atom. The molecule has 2 rings (SSSR count). The number of ether oxygens (including phenoxy) is 1. The highest BCUT2D eigenvalue weighted by Gasteiger charge is 2.46. The van der Waals surface area contributed by atoms with Gasteiger partial charge in [-0.05, 0) is 66.0 Å². The van der Waals surface area contributed by atoms with Gasteiger partial charge in [-0.3, -0.25) is 0 Å². The number of rotatable bonds is 3. The van der Waals surface area contributed by atoms with E-state index in [1.807, 2.05) is 0 Å². The van der Waals surface area contributed by atoms with E-state index >= 15 is 0 Å². The van der Waals surface area contributed by atoms with Crippen molar-refractivity contribution >= 4 is 0 Å². The molecular formula is C18H29NO. The third-order valence-corrected chi connectivity index (χ3v) is 4.42. The number of benzene rings is 1. The van der Waals surface area contributed by atoms with E-state index in [1.54, 1.807) is 0 Å². The van der Waals surface area contributed by atoms with Gasteiger partial charge in [-0.1, -0.05) is 23.8 Å². The lowest BCUT2D eigenvalue weighted by molar-refractivity contribution is -0.0703. The molecule has 2 heteroatoms. The van der Waals surface area contributed by atoms with Crippen molar-refractivity contribution in [3.05, 3.63) is 34.9 Å². The summed E-state index contributed by atoms with van der Waals surface area (Å²) in [6, 6.07) is 7.43. The van der Waals surface area contributed by atoms with Crippen molar-refractivity contribution in [3.8, 4) is 0 Å². The Balaban J connectivity index is 2.14. The summed E-state index contributed by atoms with van der Waals surface area (Å²) in [5.74, 6) is 0. The Morgan fingerprint density at radius 1 is 1.20 bits per heavy atom. The van der Waals surface area contributed by atoms with Crippen LogP contribution in [-0.2, 0) is 4.74 Å². The van der Waals surface area contributed by atoms with Gasteiger partial charge in [0.1, 0.15) is 0 Å². The van der Waals surface area contributed by atoms with Gasteiger partial charge in [-0.25, -0.2) is 0 Å². The molecule has 0 aliphatic carbocycles. The number of aryl methyl sites for hydroxylation is 2. The van der Waals surface area contributed by atoms with Crippen LogP contribution >= 0.6 is 0 Å². The third-order valence-electron chi connectivity index (χ3n) is 4.42. The summed E-state index contributed by atoms with van der Waals surface area (Å²) in [6.45, 7) is 15.3. The summed E-state index contributed by atoms with van der Waals surface area (Å²) in [7, 11) is 0. The molecule has 1 saturated heterocycles. The van der Waals surface area contributed by atoms with Crippen molar-refractivity contribution in [1.82, 2.24) is 5.32 Å². The van der Waals surface area contributed by atoms with E-state index in [0.29, 0.717) is 12.1 Å². The van der Waals surface area contributed by atoms with Crippen LogP contribution in [0.1, 0.15) is 63.8 Å². The molecule has 1 heterocycles. The van der Waals surface area contributed by atoms with E-state index in [1.165, 1.54) is 16.7 Å². The van der Waals surface area contributed by atoms with Crippen LogP contribution in [0.5, 0.6) is 0 Å².